The average Bonchev–Trinajstić information content (AvgIpc) is 2.85. The van der Waals surface area contributed by atoms with Crippen molar-refractivity contribution in [3.05, 3.63) is 32.6 Å². The Labute approximate surface area is 124 Å². The summed E-state index contributed by atoms with van der Waals surface area (Å²) in [5.74, 6) is 0. The fraction of sp³-hybridized carbons (Fsp3) is 0.636. The van der Waals surface area contributed by atoms with Gasteiger partial charge in [0.15, 0.2) is 0 Å². The predicted octanol–water partition coefficient (Wildman–Crippen LogP) is 1.02. The molecular formula is C11H15N2O6PS. The van der Waals surface area contributed by atoms with Gasteiger partial charge in [-0.1, -0.05) is 0 Å². The third-order valence-electron chi connectivity index (χ3n) is 3.52. The normalized spacial score (nSPS) is 35.6. The third kappa shape index (κ3) is 2.76. The van der Waals surface area contributed by atoms with Crippen LogP contribution in [-0.2, 0) is 18.3 Å². The van der Waals surface area contributed by atoms with Gasteiger partial charge in [-0.05, 0) is 24.6 Å². The SMILES string of the molecule is CSP1(=O)OCC2OC(n3cc(C)c(=O)[nH]c3=O)CC2O1. The summed E-state index contributed by atoms with van der Waals surface area (Å²) in [7, 11) is 0. The standard InChI is InChI=1S/C11H15N2O6PS/c1-6-4-13(11(15)12-10(6)14)9-3-7-8(18-9)5-17-20(16,19-7)21-2/h4,7-9H,3,5H2,1-2H3,(H,12,14,15). The Morgan fingerprint density at radius 3 is 2.90 bits per heavy atom. The molecule has 0 aromatic carbocycles. The van der Waals surface area contributed by atoms with E-state index < -0.39 is 24.3 Å². The first kappa shape index (κ1) is 15.1. The van der Waals surface area contributed by atoms with Crippen molar-refractivity contribution in [1.82, 2.24) is 9.55 Å². The molecular weight excluding hydrogens is 319 g/mol. The second-order valence-corrected chi connectivity index (χ2v) is 9.08. The van der Waals surface area contributed by atoms with Crippen molar-refractivity contribution in [1.29, 1.82) is 0 Å². The molecule has 1 N–H and O–H groups in total. The van der Waals surface area contributed by atoms with Gasteiger partial charge in [-0.15, -0.1) is 0 Å². The molecule has 1 aromatic rings. The summed E-state index contributed by atoms with van der Waals surface area (Å²) >= 11 is 1.04. The Balaban J connectivity index is 1.85. The second kappa shape index (κ2) is 5.40. The van der Waals surface area contributed by atoms with Crippen LogP contribution in [0.1, 0.15) is 18.2 Å². The molecule has 2 saturated heterocycles. The Morgan fingerprint density at radius 1 is 1.43 bits per heavy atom. The van der Waals surface area contributed by atoms with Gasteiger partial charge in [0.2, 0.25) is 0 Å². The van der Waals surface area contributed by atoms with Crippen LogP contribution >= 0.6 is 18.2 Å². The van der Waals surface area contributed by atoms with Gasteiger partial charge >= 0.3 is 12.5 Å². The van der Waals surface area contributed by atoms with Crippen LogP contribution < -0.4 is 11.2 Å². The molecule has 2 aliphatic heterocycles. The zero-order chi connectivity index (χ0) is 15.2. The van der Waals surface area contributed by atoms with Gasteiger partial charge in [-0.3, -0.25) is 23.4 Å². The van der Waals surface area contributed by atoms with E-state index in [1.54, 1.807) is 13.2 Å². The molecule has 3 heterocycles. The van der Waals surface area contributed by atoms with E-state index in [-0.39, 0.29) is 18.8 Å². The Morgan fingerprint density at radius 2 is 2.19 bits per heavy atom. The van der Waals surface area contributed by atoms with Crippen LogP contribution in [0.15, 0.2) is 15.8 Å². The highest BCUT2D eigenvalue weighted by Gasteiger charge is 2.46. The van der Waals surface area contributed by atoms with E-state index in [1.807, 2.05) is 0 Å². The molecule has 0 aliphatic carbocycles. The van der Waals surface area contributed by atoms with Gasteiger partial charge in [-0.2, -0.15) is 0 Å². The second-order valence-electron chi connectivity index (χ2n) is 4.91. The molecule has 2 aliphatic rings. The number of nitrogens with one attached hydrogen (secondary N) is 1. The van der Waals surface area contributed by atoms with Gasteiger partial charge in [0.1, 0.15) is 18.4 Å². The Hall–Kier alpha value is -0.860. The molecule has 4 atom stereocenters. The lowest BCUT2D eigenvalue weighted by Gasteiger charge is -2.29. The zero-order valence-electron chi connectivity index (χ0n) is 11.5. The van der Waals surface area contributed by atoms with Crippen LogP contribution in [0.25, 0.3) is 0 Å². The maximum absolute atomic E-state index is 12.1. The molecule has 8 nitrogen and oxygen atoms in total. The van der Waals surface area contributed by atoms with E-state index >= 15 is 0 Å². The van der Waals surface area contributed by atoms with E-state index in [1.165, 1.54) is 10.8 Å². The third-order valence-corrected chi connectivity index (χ3v) is 6.88. The molecule has 0 spiro atoms. The number of fused-ring (bicyclic) bond motifs is 1. The minimum Gasteiger partial charge on any atom is -0.349 e. The van der Waals surface area contributed by atoms with Gasteiger partial charge in [-0.25, -0.2) is 9.36 Å². The van der Waals surface area contributed by atoms with Crippen molar-refractivity contribution in [2.24, 2.45) is 0 Å². The topological polar surface area (TPSA) is 99.6 Å². The van der Waals surface area contributed by atoms with Crippen LogP contribution in [0, 0.1) is 6.92 Å². The lowest BCUT2D eigenvalue weighted by Crippen LogP contribution is -2.33. The maximum Gasteiger partial charge on any atom is 0.389 e. The lowest BCUT2D eigenvalue weighted by atomic mass is 10.2. The van der Waals surface area contributed by atoms with E-state index in [4.69, 9.17) is 13.8 Å². The molecule has 0 radical (unpaired) electrons. The Bertz CT molecular complexity index is 715. The number of aromatic amines is 1. The number of nitrogens with zero attached hydrogens (tertiary/aromatic N) is 1. The summed E-state index contributed by atoms with van der Waals surface area (Å²) in [6, 6.07) is 0. The summed E-state index contributed by atoms with van der Waals surface area (Å²) < 4.78 is 29.8. The first-order chi connectivity index (χ1) is 9.92. The molecule has 1 aromatic heterocycles. The first-order valence-electron chi connectivity index (χ1n) is 6.38. The van der Waals surface area contributed by atoms with Crippen LogP contribution in [0.2, 0.25) is 0 Å². The molecule has 3 rings (SSSR count). The van der Waals surface area contributed by atoms with Gasteiger partial charge in [0.25, 0.3) is 5.56 Å². The predicted molar refractivity (Wildman–Crippen MR) is 76.5 cm³/mol. The summed E-state index contributed by atoms with van der Waals surface area (Å²) in [5, 5.41) is 0. The smallest absolute Gasteiger partial charge is 0.349 e. The highest BCUT2D eigenvalue weighted by Crippen LogP contribution is 2.63. The van der Waals surface area contributed by atoms with E-state index in [0.29, 0.717) is 12.0 Å². The van der Waals surface area contributed by atoms with Crippen molar-refractivity contribution < 1.29 is 18.3 Å². The summed E-state index contributed by atoms with van der Waals surface area (Å²) in [6.07, 6.45) is 2.16. The maximum atomic E-state index is 12.1. The fourth-order valence-electron chi connectivity index (χ4n) is 2.39. The number of rotatable bonds is 2. The molecule has 2 fully saturated rings. The van der Waals surface area contributed by atoms with Crippen molar-refractivity contribution in [2.75, 3.05) is 12.9 Å². The molecule has 116 valence electrons. The van der Waals surface area contributed by atoms with Crippen LogP contribution in [-0.4, -0.2) is 34.6 Å². The van der Waals surface area contributed by atoms with Crippen molar-refractivity contribution in [3.8, 4) is 0 Å². The average molecular weight is 334 g/mol. The van der Waals surface area contributed by atoms with Crippen LogP contribution in [0.4, 0.5) is 0 Å². The molecule has 4 unspecified atom stereocenters. The van der Waals surface area contributed by atoms with Gasteiger partial charge in [0.05, 0.1) is 6.61 Å². The highest BCUT2D eigenvalue weighted by atomic mass is 32.7. The number of aryl methyl sites for hydroxylation is 1. The quantitative estimate of drug-likeness (QED) is 0.806. The molecule has 0 bridgehead atoms. The van der Waals surface area contributed by atoms with Crippen molar-refractivity contribution in [2.45, 2.75) is 31.8 Å². The number of H-pyrrole nitrogens is 1. The molecule has 0 amide bonds. The summed E-state index contributed by atoms with van der Waals surface area (Å²) in [5.41, 5.74) is -0.540. The molecule has 0 saturated carbocycles. The minimum absolute atomic E-state index is 0.163. The van der Waals surface area contributed by atoms with Gasteiger partial charge in [0, 0.05) is 18.2 Å². The number of hydrogen-bond acceptors (Lipinski definition) is 7. The summed E-state index contributed by atoms with van der Waals surface area (Å²) in [4.78, 5) is 25.5. The van der Waals surface area contributed by atoms with Crippen molar-refractivity contribution in [3.63, 3.8) is 0 Å². The summed E-state index contributed by atoms with van der Waals surface area (Å²) in [6.45, 7) is -1.35. The largest absolute Gasteiger partial charge is 0.389 e. The van der Waals surface area contributed by atoms with Crippen LogP contribution in [0.5, 0.6) is 0 Å². The van der Waals surface area contributed by atoms with E-state index in [9.17, 15) is 14.2 Å². The first-order valence-corrected chi connectivity index (χ1v) is 9.75. The fourth-order valence-corrected chi connectivity index (χ4v) is 4.61. The highest BCUT2D eigenvalue weighted by molar-refractivity contribution is 8.54. The molecule has 10 heteroatoms. The Kier molecular flexibility index (Phi) is 3.87. The minimum atomic E-state index is -3.12. The number of aromatic nitrogens is 2. The number of hydrogen-bond donors (Lipinski definition) is 1. The lowest BCUT2D eigenvalue weighted by molar-refractivity contribution is -0.0559. The van der Waals surface area contributed by atoms with Crippen LogP contribution in [0.3, 0.4) is 0 Å². The van der Waals surface area contributed by atoms with Gasteiger partial charge < -0.3 is 4.74 Å². The monoisotopic (exact) mass is 334 g/mol. The van der Waals surface area contributed by atoms with E-state index in [2.05, 4.69) is 4.98 Å². The zero-order valence-corrected chi connectivity index (χ0v) is 13.2. The van der Waals surface area contributed by atoms with E-state index in [0.717, 1.165) is 11.4 Å². The van der Waals surface area contributed by atoms with Crippen molar-refractivity contribution >= 4 is 18.2 Å². The number of ether oxygens (including phenoxy) is 1. The molecule has 21 heavy (non-hydrogen) atoms.